The van der Waals surface area contributed by atoms with Gasteiger partial charge in [0.1, 0.15) is 11.6 Å². The summed E-state index contributed by atoms with van der Waals surface area (Å²) in [5.74, 6) is 0.324. The first-order valence-electron chi connectivity index (χ1n) is 6.15. The number of piperidine rings is 1. The Morgan fingerprint density at radius 2 is 2.17 bits per heavy atom. The summed E-state index contributed by atoms with van der Waals surface area (Å²) >= 11 is 0. The van der Waals surface area contributed by atoms with Crippen LogP contribution in [0, 0.1) is 17.7 Å². The Kier molecular flexibility index (Phi) is 5.76. The molecule has 2 nitrogen and oxygen atoms in total. The van der Waals surface area contributed by atoms with Crippen molar-refractivity contribution in [3.63, 3.8) is 0 Å². The Bertz CT molecular complexity index is 411. The van der Waals surface area contributed by atoms with Crippen LogP contribution in [0.4, 0.5) is 4.39 Å². The molecule has 0 saturated carbocycles. The summed E-state index contributed by atoms with van der Waals surface area (Å²) in [6.45, 7) is 3.85. The van der Waals surface area contributed by atoms with E-state index in [1.54, 1.807) is 18.2 Å². The van der Waals surface area contributed by atoms with E-state index < -0.39 is 0 Å². The molecule has 0 radical (unpaired) electrons. The average molecular weight is 272 g/mol. The standard InChI is InChI=1S/C14H18FNO.ClH/c1-10-9-16-7-6-12(10)14(17)8-11-4-2-3-5-13(11)15;/h2-5,10,12,16H,6-9H2,1H3;1H/t10-,12-;/m1./s1. The number of ketones is 1. The SMILES string of the molecule is C[C@@H]1CNCC[C@H]1C(=O)Cc1ccccc1F.Cl. The zero-order valence-electron chi connectivity index (χ0n) is 10.5. The maximum absolute atomic E-state index is 13.4. The van der Waals surface area contributed by atoms with E-state index in [2.05, 4.69) is 12.2 Å². The van der Waals surface area contributed by atoms with Gasteiger partial charge in [0, 0.05) is 12.3 Å². The second-order valence-corrected chi connectivity index (χ2v) is 4.81. The molecule has 2 atom stereocenters. The Balaban J connectivity index is 0.00000162. The van der Waals surface area contributed by atoms with Gasteiger partial charge >= 0.3 is 0 Å². The molecule has 1 saturated heterocycles. The summed E-state index contributed by atoms with van der Waals surface area (Å²) in [6.07, 6.45) is 1.09. The van der Waals surface area contributed by atoms with Gasteiger partial charge in [-0.15, -0.1) is 12.4 Å². The van der Waals surface area contributed by atoms with Crippen LogP contribution in [0.5, 0.6) is 0 Å². The van der Waals surface area contributed by atoms with E-state index in [4.69, 9.17) is 0 Å². The number of Topliss-reactive ketones (excluding diaryl/α,β-unsaturated/α-hetero) is 1. The van der Waals surface area contributed by atoms with Crippen molar-refractivity contribution in [2.45, 2.75) is 19.8 Å². The minimum Gasteiger partial charge on any atom is -0.316 e. The third-order valence-corrected chi connectivity index (χ3v) is 3.52. The van der Waals surface area contributed by atoms with Crippen molar-refractivity contribution >= 4 is 18.2 Å². The third kappa shape index (κ3) is 3.53. The molecule has 1 aromatic rings. The van der Waals surface area contributed by atoms with E-state index in [1.165, 1.54) is 6.07 Å². The number of hydrogen-bond acceptors (Lipinski definition) is 2. The van der Waals surface area contributed by atoms with Crippen molar-refractivity contribution in [1.82, 2.24) is 5.32 Å². The number of hydrogen-bond donors (Lipinski definition) is 1. The molecule has 100 valence electrons. The molecule has 1 heterocycles. The van der Waals surface area contributed by atoms with Gasteiger partial charge in [-0.3, -0.25) is 4.79 Å². The fraction of sp³-hybridized carbons (Fsp3) is 0.500. The first-order valence-corrected chi connectivity index (χ1v) is 6.15. The van der Waals surface area contributed by atoms with Gasteiger partial charge in [0.25, 0.3) is 0 Å². The first kappa shape index (κ1) is 15.1. The maximum Gasteiger partial charge on any atom is 0.140 e. The van der Waals surface area contributed by atoms with Crippen LogP contribution in [0.15, 0.2) is 24.3 Å². The highest BCUT2D eigenvalue weighted by molar-refractivity contribution is 5.85. The predicted octanol–water partition coefficient (Wildman–Crippen LogP) is 2.60. The zero-order valence-corrected chi connectivity index (χ0v) is 11.3. The lowest BCUT2D eigenvalue weighted by Gasteiger charge is -2.28. The lowest BCUT2D eigenvalue weighted by atomic mass is 9.82. The molecule has 0 bridgehead atoms. The van der Waals surface area contributed by atoms with Crippen LogP contribution in [-0.2, 0) is 11.2 Å². The van der Waals surface area contributed by atoms with Gasteiger partial charge in [-0.1, -0.05) is 25.1 Å². The Hall–Kier alpha value is -0.930. The van der Waals surface area contributed by atoms with Crippen LogP contribution in [0.2, 0.25) is 0 Å². The third-order valence-electron chi connectivity index (χ3n) is 3.52. The van der Waals surface area contributed by atoms with Crippen LogP contribution >= 0.6 is 12.4 Å². The maximum atomic E-state index is 13.4. The molecule has 0 spiro atoms. The summed E-state index contributed by atoms with van der Waals surface area (Å²) in [6, 6.07) is 6.53. The van der Waals surface area contributed by atoms with Crippen LogP contribution in [-0.4, -0.2) is 18.9 Å². The number of carbonyl (C=O) groups is 1. The van der Waals surface area contributed by atoms with Crippen molar-refractivity contribution in [3.8, 4) is 0 Å². The topological polar surface area (TPSA) is 29.1 Å². The number of rotatable bonds is 3. The van der Waals surface area contributed by atoms with E-state index in [0.717, 1.165) is 19.5 Å². The molecule has 18 heavy (non-hydrogen) atoms. The molecule has 1 fully saturated rings. The van der Waals surface area contributed by atoms with E-state index in [9.17, 15) is 9.18 Å². The molecule has 1 aliphatic heterocycles. The van der Waals surface area contributed by atoms with Crippen molar-refractivity contribution in [3.05, 3.63) is 35.6 Å². The first-order chi connectivity index (χ1) is 8.18. The van der Waals surface area contributed by atoms with E-state index in [-0.39, 0.29) is 36.3 Å². The second kappa shape index (κ2) is 6.86. The number of benzene rings is 1. The molecule has 1 aliphatic rings. The minimum atomic E-state index is -0.276. The molecule has 1 aromatic carbocycles. The van der Waals surface area contributed by atoms with Crippen LogP contribution in [0.3, 0.4) is 0 Å². The van der Waals surface area contributed by atoms with E-state index in [1.807, 2.05) is 0 Å². The number of halogens is 2. The largest absolute Gasteiger partial charge is 0.316 e. The summed E-state index contributed by atoms with van der Waals surface area (Å²) in [4.78, 5) is 12.1. The van der Waals surface area contributed by atoms with Crippen molar-refractivity contribution < 1.29 is 9.18 Å². The zero-order chi connectivity index (χ0) is 12.3. The molecule has 1 N–H and O–H groups in total. The molecular formula is C14H19ClFNO. The molecule has 0 aromatic heterocycles. The van der Waals surface area contributed by atoms with Crippen molar-refractivity contribution in [2.24, 2.45) is 11.8 Å². The van der Waals surface area contributed by atoms with Gasteiger partial charge in [-0.05, 0) is 37.1 Å². The van der Waals surface area contributed by atoms with Gasteiger partial charge in [0.15, 0.2) is 0 Å². The van der Waals surface area contributed by atoms with Gasteiger partial charge in [-0.25, -0.2) is 4.39 Å². The Labute approximate surface area is 113 Å². The highest BCUT2D eigenvalue weighted by atomic mass is 35.5. The Morgan fingerprint density at radius 3 is 2.83 bits per heavy atom. The minimum absolute atomic E-state index is 0. The van der Waals surface area contributed by atoms with Crippen LogP contribution in [0.1, 0.15) is 18.9 Å². The fourth-order valence-electron chi connectivity index (χ4n) is 2.45. The summed E-state index contributed by atoms with van der Waals surface area (Å²) < 4.78 is 13.4. The fourth-order valence-corrected chi connectivity index (χ4v) is 2.45. The van der Waals surface area contributed by atoms with Crippen molar-refractivity contribution in [1.29, 1.82) is 0 Å². The highest BCUT2D eigenvalue weighted by Crippen LogP contribution is 2.22. The Morgan fingerprint density at radius 1 is 1.44 bits per heavy atom. The molecule has 2 rings (SSSR count). The van der Waals surface area contributed by atoms with Gasteiger partial charge in [0.05, 0.1) is 0 Å². The monoisotopic (exact) mass is 271 g/mol. The lowest BCUT2D eigenvalue weighted by molar-refractivity contribution is -0.124. The number of carbonyl (C=O) groups excluding carboxylic acids is 1. The molecular weight excluding hydrogens is 253 g/mol. The second-order valence-electron chi connectivity index (χ2n) is 4.81. The van der Waals surface area contributed by atoms with Crippen LogP contribution in [0.25, 0.3) is 0 Å². The molecule has 4 heteroatoms. The normalized spacial score (nSPS) is 23.2. The average Bonchev–Trinajstić information content (AvgIpc) is 2.32. The lowest BCUT2D eigenvalue weighted by Crippen LogP contribution is -2.39. The van der Waals surface area contributed by atoms with E-state index >= 15 is 0 Å². The predicted molar refractivity (Wildman–Crippen MR) is 72.5 cm³/mol. The summed E-state index contributed by atoms with van der Waals surface area (Å²) in [5.41, 5.74) is 0.517. The molecule has 0 amide bonds. The highest BCUT2D eigenvalue weighted by Gasteiger charge is 2.27. The van der Waals surface area contributed by atoms with Gasteiger partial charge in [0.2, 0.25) is 0 Å². The number of nitrogens with one attached hydrogen (secondary N) is 1. The quantitative estimate of drug-likeness (QED) is 0.916. The van der Waals surface area contributed by atoms with Gasteiger partial charge in [-0.2, -0.15) is 0 Å². The summed E-state index contributed by atoms with van der Waals surface area (Å²) in [5, 5.41) is 3.27. The molecule has 0 unspecified atom stereocenters. The summed E-state index contributed by atoms with van der Waals surface area (Å²) in [7, 11) is 0. The van der Waals surface area contributed by atoms with E-state index in [0.29, 0.717) is 11.5 Å². The van der Waals surface area contributed by atoms with Crippen molar-refractivity contribution in [2.75, 3.05) is 13.1 Å². The molecule has 0 aliphatic carbocycles. The van der Waals surface area contributed by atoms with Gasteiger partial charge < -0.3 is 5.32 Å². The smallest absolute Gasteiger partial charge is 0.140 e. The van der Waals surface area contributed by atoms with Crippen LogP contribution < -0.4 is 5.32 Å².